The van der Waals surface area contributed by atoms with Gasteiger partial charge in [0.05, 0.1) is 6.61 Å². The maximum Gasteiger partial charge on any atom is 0.0589 e. The fraction of sp³-hybridized carbons (Fsp3) is 1.00. The number of nitrogens with zero attached hydrogens (tertiary/aromatic N) is 1. The number of methoxy groups -OCH3 is 1. The van der Waals surface area contributed by atoms with Crippen molar-refractivity contribution in [3.05, 3.63) is 0 Å². The molecule has 102 valence electrons. The van der Waals surface area contributed by atoms with Crippen LogP contribution in [0, 0.1) is 5.92 Å². The van der Waals surface area contributed by atoms with Crippen LogP contribution < -0.4 is 5.32 Å². The molecule has 3 nitrogen and oxygen atoms in total. The predicted molar refractivity (Wildman–Crippen MR) is 73.4 cm³/mol. The van der Waals surface area contributed by atoms with Crippen LogP contribution >= 0.6 is 0 Å². The van der Waals surface area contributed by atoms with Crippen molar-refractivity contribution in [1.29, 1.82) is 0 Å². The lowest BCUT2D eigenvalue weighted by Gasteiger charge is -2.24. The zero-order chi connectivity index (χ0) is 12.5. The Bertz CT molecular complexity index is 179. The zero-order valence-electron chi connectivity index (χ0n) is 11.9. The molecule has 0 aromatic rings. The van der Waals surface area contributed by atoms with E-state index in [9.17, 15) is 0 Å². The van der Waals surface area contributed by atoms with Crippen molar-refractivity contribution in [1.82, 2.24) is 10.2 Å². The van der Waals surface area contributed by atoms with Gasteiger partial charge in [0.15, 0.2) is 0 Å². The van der Waals surface area contributed by atoms with Gasteiger partial charge < -0.3 is 15.0 Å². The van der Waals surface area contributed by atoms with E-state index in [0.29, 0.717) is 0 Å². The number of ether oxygens (including phenoxy) is 1. The highest BCUT2D eigenvalue weighted by Gasteiger charge is 2.14. The fourth-order valence-electron chi connectivity index (χ4n) is 2.60. The average molecular weight is 242 g/mol. The highest BCUT2D eigenvalue weighted by molar-refractivity contribution is 4.74. The first-order valence-corrected chi connectivity index (χ1v) is 7.17. The number of hydrogen-bond acceptors (Lipinski definition) is 3. The third-order valence-electron chi connectivity index (χ3n) is 3.42. The highest BCUT2D eigenvalue weighted by Crippen LogP contribution is 2.11. The summed E-state index contributed by atoms with van der Waals surface area (Å²) in [6.07, 6.45) is 5.39. The molecule has 1 rings (SSSR count). The summed E-state index contributed by atoms with van der Waals surface area (Å²) in [4.78, 5) is 2.54. The van der Waals surface area contributed by atoms with Crippen LogP contribution in [0.5, 0.6) is 0 Å². The standard InChI is InChI=1S/C14H30N2O/c1-13(2)12-16(10-11-17-3)9-5-7-14-6-4-8-15-14/h13-15H,4-12H2,1-3H3. The van der Waals surface area contributed by atoms with Gasteiger partial charge in [-0.25, -0.2) is 0 Å². The van der Waals surface area contributed by atoms with Crippen molar-refractivity contribution in [2.75, 3.05) is 39.9 Å². The average Bonchev–Trinajstić information content (AvgIpc) is 2.78. The summed E-state index contributed by atoms with van der Waals surface area (Å²) in [5.41, 5.74) is 0. The Kier molecular flexibility index (Phi) is 7.82. The van der Waals surface area contributed by atoms with E-state index in [1.165, 1.54) is 45.3 Å². The van der Waals surface area contributed by atoms with Gasteiger partial charge >= 0.3 is 0 Å². The summed E-state index contributed by atoms with van der Waals surface area (Å²) in [5, 5.41) is 3.57. The van der Waals surface area contributed by atoms with E-state index in [1.807, 2.05) is 0 Å². The van der Waals surface area contributed by atoms with Crippen LogP contribution in [0.1, 0.15) is 39.5 Å². The van der Waals surface area contributed by atoms with E-state index >= 15 is 0 Å². The molecule has 0 aliphatic carbocycles. The molecule has 0 bridgehead atoms. The molecule has 0 amide bonds. The largest absolute Gasteiger partial charge is 0.383 e. The van der Waals surface area contributed by atoms with Gasteiger partial charge in [-0.1, -0.05) is 13.8 Å². The van der Waals surface area contributed by atoms with E-state index < -0.39 is 0 Å². The van der Waals surface area contributed by atoms with Crippen LogP contribution in [-0.4, -0.2) is 50.8 Å². The minimum absolute atomic E-state index is 0.747. The fourth-order valence-corrected chi connectivity index (χ4v) is 2.60. The Balaban J connectivity index is 2.12. The number of hydrogen-bond donors (Lipinski definition) is 1. The van der Waals surface area contributed by atoms with Crippen molar-refractivity contribution >= 4 is 0 Å². The van der Waals surface area contributed by atoms with Crippen molar-refractivity contribution in [3.63, 3.8) is 0 Å². The molecule has 1 aliphatic rings. The molecule has 0 spiro atoms. The quantitative estimate of drug-likeness (QED) is 0.670. The molecule has 1 fully saturated rings. The monoisotopic (exact) mass is 242 g/mol. The third kappa shape index (κ3) is 7.02. The Labute approximate surface area is 107 Å². The van der Waals surface area contributed by atoms with Crippen LogP contribution in [0.15, 0.2) is 0 Å². The minimum atomic E-state index is 0.747. The lowest BCUT2D eigenvalue weighted by molar-refractivity contribution is 0.138. The maximum absolute atomic E-state index is 5.18. The van der Waals surface area contributed by atoms with Crippen LogP contribution in [0.25, 0.3) is 0 Å². The second-order valence-electron chi connectivity index (χ2n) is 5.62. The van der Waals surface area contributed by atoms with Crippen molar-refractivity contribution in [2.45, 2.75) is 45.6 Å². The van der Waals surface area contributed by atoms with Crippen LogP contribution in [0.3, 0.4) is 0 Å². The molecular formula is C14H30N2O. The maximum atomic E-state index is 5.18. The van der Waals surface area contributed by atoms with Gasteiger partial charge in [-0.2, -0.15) is 0 Å². The molecule has 1 saturated heterocycles. The Morgan fingerprint density at radius 1 is 1.35 bits per heavy atom. The van der Waals surface area contributed by atoms with Gasteiger partial charge in [0.1, 0.15) is 0 Å². The molecule has 1 atom stereocenters. The van der Waals surface area contributed by atoms with E-state index in [0.717, 1.165) is 25.1 Å². The van der Waals surface area contributed by atoms with Gasteiger partial charge in [0.25, 0.3) is 0 Å². The van der Waals surface area contributed by atoms with Crippen LogP contribution in [0.4, 0.5) is 0 Å². The van der Waals surface area contributed by atoms with Gasteiger partial charge in [-0.15, -0.1) is 0 Å². The second-order valence-corrected chi connectivity index (χ2v) is 5.62. The smallest absolute Gasteiger partial charge is 0.0589 e. The molecule has 0 saturated carbocycles. The Hall–Kier alpha value is -0.120. The summed E-state index contributed by atoms with van der Waals surface area (Å²) in [6, 6.07) is 0.790. The molecule has 1 unspecified atom stereocenters. The molecule has 1 N–H and O–H groups in total. The predicted octanol–water partition coefficient (Wildman–Crippen LogP) is 2.12. The normalized spacial score (nSPS) is 20.6. The highest BCUT2D eigenvalue weighted by atomic mass is 16.5. The van der Waals surface area contributed by atoms with E-state index in [-0.39, 0.29) is 0 Å². The molecular weight excluding hydrogens is 212 g/mol. The van der Waals surface area contributed by atoms with E-state index in [1.54, 1.807) is 7.11 Å². The van der Waals surface area contributed by atoms with Crippen molar-refractivity contribution in [3.8, 4) is 0 Å². The molecule has 0 radical (unpaired) electrons. The molecule has 1 aliphatic heterocycles. The summed E-state index contributed by atoms with van der Waals surface area (Å²) in [7, 11) is 1.79. The molecule has 0 aromatic carbocycles. The lowest BCUT2D eigenvalue weighted by atomic mass is 10.1. The first-order chi connectivity index (χ1) is 8.22. The Morgan fingerprint density at radius 3 is 2.76 bits per heavy atom. The lowest BCUT2D eigenvalue weighted by Crippen LogP contribution is -2.33. The van der Waals surface area contributed by atoms with Gasteiger partial charge in [-0.05, 0) is 44.7 Å². The zero-order valence-corrected chi connectivity index (χ0v) is 11.9. The van der Waals surface area contributed by atoms with Crippen molar-refractivity contribution < 1.29 is 4.74 Å². The molecule has 17 heavy (non-hydrogen) atoms. The first kappa shape index (κ1) is 14.9. The molecule has 0 aromatic heterocycles. The number of nitrogens with one attached hydrogen (secondary N) is 1. The van der Waals surface area contributed by atoms with Gasteiger partial charge in [0.2, 0.25) is 0 Å². The summed E-state index contributed by atoms with van der Waals surface area (Å²) >= 11 is 0. The Morgan fingerprint density at radius 2 is 2.18 bits per heavy atom. The van der Waals surface area contributed by atoms with Gasteiger partial charge in [0, 0.05) is 26.2 Å². The van der Waals surface area contributed by atoms with Gasteiger partial charge in [-0.3, -0.25) is 0 Å². The summed E-state index contributed by atoms with van der Waals surface area (Å²) in [6.45, 7) is 10.2. The van der Waals surface area contributed by atoms with Crippen LogP contribution in [-0.2, 0) is 4.74 Å². The number of rotatable bonds is 9. The second kappa shape index (κ2) is 8.90. The SMILES string of the molecule is COCCN(CCCC1CCCN1)CC(C)C. The first-order valence-electron chi connectivity index (χ1n) is 7.17. The molecule has 3 heteroatoms. The van der Waals surface area contributed by atoms with E-state index in [2.05, 4.69) is 24.1 Å². The third-order valence-corrected chi connectivity index (χ3v) is 3.42. The minimum Gasteiger partial charge on any atom is -0.383 e. The topological polar surface area (TPSA) is 24.5 Å². The van der Waals surface area contributed by atoms with E-state index in [4.69, 9.17) is 4.74 Å². The molecule has 1 heterocycles. The summed E-state index contributed by atoms with van der Waals surface area (Å²) in [5.74, 6) is 0.747. The van der Waals surface area contributed by atoms with Crippen LogP contribution in [0.2, 0.25) is 0 Å². The van der Waals surface area contributed by atoms with Crippen molar-refractivity contribution in [2.24, 2.45) is 5.92 Å². The summed E-state index contributed by atoms with van der Waals surface area (Å²) < 4.78 is 5.18.